The van der Waals surface area contributed by atoms with Crippen LogP contribution in [0.2, 0.25) is 0 Å². The van der Waals surface area contributed by atoms with Crippen molar-refractivity contribution in [2.75, 3.05) is 27.8 Å². The summed E-state index contributed by atoms with van der Waals surface area (Å²) in [5.74, 6) is -6.09. The number of Topliss-reactive ketones (excluding diaryl/α,β-unsaturated/α-hetero) is 1. The van der Waals surface area contributed by atoms with E-state index in [0.717, 1.165) is 18.4 Å². The van der Waals surface area contributed by atoms with Crippen molar-refractivity contribution >= 4 is 39.7 Å². The van der Waals surface area contributed by atoms with Gasteiger partial charge < -0.3 is 58.5 Å². The summed E-state index contributed by atoms with van der Waals surface area (Å²) >= 11 is 0. The number of hydrogen-bond acceptors (Lipinski definition) is 20. The number of aliphatic hydroxyl groups excluding tert-OH is 2. The van der Waals surface area contributed by atoms with Crippen LogP contribution in [0.4, 0.5) is 0 Å². The number of carbonyl (C=O) groups is 5. The van der Waals surface area contributed by atoms with Crippen molar-refractivity contribution in [3.63, 3.8) is 0 Å². The molecule has 1 aromatic rings. The molecule has 5 rings (SSSR count). The first-order valence-corrected chi connectivity index (χ1v) is 33.4. The molecule has 22 heteroatoms. The second-order valence-corrected chi connectivity index (χ2v) is 26.6. The summed E-state index contributed by atoms with van der Waals surface area (Å²) in [5, 5.41) is 46.6. The Morgan fingerprint density at radius 2 is 1.40 bits per heavy atom. The molecule has 19 unspecified atom stereocenters. The number of aliphatic hydroxyl groups is 4. The number of unbranched alkanes of at least 4 members (excludes halogenated alkanes) is 9. The average molecular weight is 1280 g/mol. The van der Waals surface area contributed by atoms with E-state index in [0.29, 0.717) is 18.4 Å². The first-order valence-electron chi connectivity index (χ1n) is 32.0. The molecule has 3 heterocycles. The molecule has 0 aromatic heterocycles. The van der Waals surface area contributed by atoms with Gasteiger partial charge in [-0.15, -0.1) is 6.58 Å². The highest BCUT2D eigenvalue weighted by atomic mass is 32.3. The highest BCUT2D eigenvalue weighted by Crippen LogP contribution is 2.41. The number of esters is 2. The zero-order valence-electron chi connectivity index (χ0n) is 55.7. The Labute approximate surface area is 530 Å². The molecule has 1 aromatic carbocycles. The second kappa shape index (κ2) is 36.9. The van der Waals surface area contributed by atoms with Gasteiger partial charge in [-0.2, -0.15) is 8.42 Å². The third-order valence-electron chi connectivity index (χ3n) is 17.8. The number of ether oxygens (including phenoxy) is 7. The first-order chi connectivity index (χ1) is 41.6. The standard InChI is InChI=1S/C40H71NO14.C15H12O2.C12H26O4S/c1-15-27-40(11,48)33(44)22(5)30(43)20(3)18-38(9,47)35(55-37-32(53-28(42)16-2)26(41(12)13)17-21(4)50-37)23(6)31(24(7)36(46)52-27)54-29-19-39(10,49-14)34(45)25(8)51-29;1-2-13(11-6-4-3-5-7-11)14-10-12(16)8-9-15(14)17;1-2-3-4-5-6-7-8-9-10-11-12-16-17(13,14)15/h20-27,29,31-35,37,44-45,47-48H,15-19H2,1-14H3;2-10,13H,1H2;2-12H2,1H3,(H,13,14,15). The van der Waals surface area contributed by atoms with Crippen LogP contribution in [0.3, 0.4) is 0 Å². The number of nitrogens with zero attached hydrogens (tertiary/aromatic N) is 1. The maximum Gasteiger partial charge on any atom is 0.397 e. The molecule has 1 aliphatic carbocycles. The number of carbonyl (C=O) groups excluding carboxylic acids is 5. The zero-order chi connectivity index (χ0) is 67.2. The van der Waals surface area contributed by atoms with Gasteiger partial charge in [-0.1, -0.05) is 136 Å². The van der Waals surface area contributed by atoms with Crippen LogP contribution in [0.15, 0.2) is 66.8 Å². The predicted octanol–water partition coefficient (Wildman–Crippen LogP) is 9.06. The number of ketones is 3. The molecule has 5 N–H and O–H groups in total. The van der Waals surface area contributed by atoms with E-state index in [9.17, 15) is 52.8 Å². The van der Waals surface area contributed by atoms with Crippen molar-refractivity contribution in [1.82, 2.24) is 4.90 Å². The Hall–Kier alpha value is -4.14. The van der Waals surface area contributed by atoms with Crippen LogP contribution in [-0.2, 0) is 71.7 Å². The van der Waals surface area contributed by atoms with Crippen molar-refractivity contribution in [2.24, 2.45) is 23.7 Å². The van der Waals surface area contributed by atoms with Gasteiger partial charge in [-0.25, -0.2) is 4.18 Å². The average Bonchev–Trinajstić information content (AvgIpc) is 1.96. The summed E-state index contributed by atoms with van der Waals surface area (Å²) in [7, 11) is 0.973. The van der Waals surface area contributed by atoms with Crippen LogP contribution in [0.5, 0.6) is 0 Å². The van der Waals surface area contributed by atoms with Gasteiger partial charge in [0.2, 0.25) is 0 Å². The monoisotopic (exact) mass is 1280 g/mol. The van der Waals surface area contributed by atoms with Gasteiger partial charge in [0, 0.05) is 49.2 Å². The van der Waals surface area contributed by atoms with Gasteiger partial charge in [0.25, 0.3) is 0 Å². The van der Waals surface area contributed by atoms with E-state index in [1.807, 2.05) is 56.3 Å². The Bertz CT molecular complexity index is 2550. The fraction of sp³-hybridized carbons (Fsp3) is 0.746. The van der Waals surface area contributed by atoms with Crippen molar-refractivity contribution in [1.29, 1.82) is 0 Å². The molecule has 0 amide bonds. The lowest BCUT2D eigenvalue weighted by Crippen LogP contribution is -2.61. The Kier molecular flexibility index (Phi) is 32.8. The third kappa shape index (κ3) is 23.7. The molecule has 0 bridgehead atoms. The van der Waals surface area contributed by atoms with Crippen LogP contribution in [0.25, 0.3) is 0 Å². The van der Waals surface area contributed by atoms with Crippen LogP contribution in [0, 0.1) is 23.7 Å². The van der Waals surface area contributed by atoms with Gasteiger partial charge in [0.15, 0.2) is 30.3 Å². The largest absolute Gasteiger partial charge is 0.459 e. The summed E-state index contributed by atoms with van der Waals surface area (Å²) in [4.78, 5) is 66.0. The molecule has 0 spiro atoms. The van der Waals surface area contributed by atoms with Gasteiger partial charge in [0.05, 0.1) is 60.3 Å². The number of likely N-dealkylation sites (N-methyl/N-ethyl adjacent to an activating group) is 1. The number of hydrogen-bond donors (Lipinski definition) is 5. The minimum Gasteiger partial charge on any atom is -0.459 e. The molecular formula is C67H109NO20S. The van der Waals surface area contributed by atoms with Crippen LogP contribution in [-0.4, -0.2) is 180 Å². The van der Waals surface area contributed by atoms with Gasteiger partial charge >= 0.3 is 22.3 Å². The summed E-state index contributed by atoms with van der Waals surface area (Å²) in [6.07, 6.45) is 7.85. The van der Waals surface area contributed by atoms with E-state index in [4.69, 9.17) is 37.7 Å². The maximum absolute atomic E-state index is 14.2. The summed E-state index contributed by atoms with van der Waals surface area (Å²) < 4.78 is 76.6. The molecule has 0 saturated carbocycles. The highest BCUT2D eigenvalue weighted by molar-refractivity contribution is 7.80. The minimum absolute atomic E-state index is 0.0760. The van der Waals surface area contributed by atoms with Gasteiger partial charge in [0.1, 0.15) is 23.6 Å². The SMILES string of the molecule is C=CC(C1=CC(=O)C=CC1=O)c1ccccc1.CCC(=O)OC1C(OC2C(C)C(OC3CC(C)(OC)C(O)C(C)O3)C(C)C(=O)OC(CC)C(C)(O)C(O)C(C)C(=O)C(C)CC2(C)O)OC(C)CC1N(C)C.CCCCCCCCCCCCOS(=O)(=O)O. The molecular weight excluding hydrogens is 1170 g/mol. The fourth-order valence-electron chi connectivity index (χ4n) is 12.4. The van der Waals surface area contributed by atoms with Gasteiger partial charge in [-0.05, 0) is 105 Å². The summed E-state index contributed by atoms with van der Waals surface area (Å²) in [6, 6.07) is 9.23. The molecule has 89 heavy (non-hydrogen) atoms. The number of allylic oxidation sites excluding steroid dienone is 5. The number of benzene rings is 1. The lowest BCUT2D eigenvalue weighted by molar-refractivity contribution is -0.319. The van der Waals surface area contributed by atoms with E-state index in [2.05, 4.69) is 17.7 Å². The fourth-order valence-corrected chi connectivity index (χ4v) is 12.7. The second-order valence-electron chi connectivity index (χ2n) is 25.5. The van der Waals surface area contributed by atoms with Crippen molar-refractivity contribution in [2.45, 2.75) is 270 Å². The van der Waals surface area contributed by atoms with Crippen LogP contribution in [0.1, 0.15) is 191 Å². The highest BCUT2D eigenvalue weighted by Gasteiger charge is 2.54. The lowest BCUT2D eigenvalue weighted by Gasteiger charge is -2.49. The topological polar surface area (TPSA) is 298 Å². The van der Waals surface area contributed by atoms with Crippen molar-refractivity contribution in [3.8, 4) is 0 Å². The minimum atomic E-state index is -4.23. The number of rotatable bonds is 24. The van der Waals surface area contributed by atoms with Gasteiger partial charge in [-0.3, -0.25) is 28.5 Å². The van der Waals surface area contributed by atoms with Crippen LogP contribution < -0.4 is 0 Å². The van der Waals surface area contributed by atoms with E-state index in [-0.39, 0.29) is 61.9 Å². The van der Waals surface area contributed by atoms with Crippen molar-refractivity contribution < 1.29 is 94.7 Å². The van der Waals surface area contributed by atoms with E-state index < -0.39 is 124 Å². The Morgan fingerprint density at radius 1 is 0.809 bits per heavy atom. The number of cyclic esters (lactones) is 1. The lowest BCUT2D eigenvalue weighted by atomic mass is 9.74. The van der Waals surface area contributed by atoms with Crippen LogP contribution >= 0.6 is 0 Å². The Morgan fingerprint density at radius 3 is 1.94 bits per heavy atom. The smallest absolute Gasteiger partial charge is 0.397 e. The number of methoxy groups -OCH3 is 1. The predicted molar refractivity (Wildman–Crippen MR) is 336 cm³/mol. The molecule has 19 atom stereocenters. The quantitative estimate of drug-likeness (QED) is 0.0212. The van der Waals surface area contributed by atoms with E-state index in [1.54, 1.807) is 54.5 Å². The summed E-state index contributed by atoms with van der Waals surface area (Å²) in [5.41, 5.74) is -3.47. The zero-order valence-corrected chi connectivity index (χ0v) is 56.5. The van der Waals surface area contributed by atoms with E-state index in [1.165, 1.54) is 91.1 Å². The molecule has 3 aliphatic heterocycles. The molecule has 21 nitrogen and oxygen atoms in total. The first kappa shape index (κ1) is 79.1. The molecule has 0 radical (unpaired) electrons. The molecule has 4 aliphatic rings. The maximum atomic E-state index is 14.2. The molecule has 3 fully saturated rings. The summed E-state index contributed by atoms with van der Waals surface area (Å²) in [6.45, 7) is 24.1. The van der Waals surface area contributed by atoms with E-state index >= 15 is 0 Å². The molecule has 3 saturated heterocycles. The van der Waals surface area contributed by atoms with Crippen molar-refractivity contribution in [3.05, 3.63) is 72.4 Å². The Balaban J connectivity index is 0.000000489. The third-order valence-corrected chi connectivity index (χ3v) is 18.3. The normalized spacial score (nSPS) is 34.4. The molecule has 508 valence electrons.